The summed E-state index contributed by atoms with van der Waals surface area (Å²) in [5.41, 5.74) is 4.51. The molecule has 1 aromatic rings. The highest BCUT2D eigenvalue weighted by Crippen LogP contribution is 2.42. The average Bonchev–Trinajstić information content (AvgIpc) is 2.56. The average molecular weight is 288 g/mol. The van der Waals surface area contributed by atoms with E-state index in [1.165, 1.54) is 37.7 Å². The summed E-state index contributed by atoms with van der Waals surface area (Å²) in [5, 5.41) is 0. The SMILES string of the molecule is CCC1CCCC(C(NN)C2CCOc3ccccc32)C1. The van der Waals surface area contributed by atoms with Crippen LogP contribution in [0.2, 0.25) is 0 Å². The molecule has 0 spiro atoms. The Hall–Kier alpha value is -1.06. The van der Waals surface area contributed by atoms with Gasteiger partial charge in [-0.25, -0.2) is 0 Å². The summed E-state index contributed by atoms with van der Waals surface area (Å²) in [6.07, 6.45) is 7.76. The van der Waals surface area contributed by atoms with Crippen LogP contribution >= 0.6 is 0 Å². The predicted molar refractivity (Wildman–Crippen MR) is 86.1 cm³/mol. The molecule has 2 aliphatic rings. The molecule has 1 heterocycles. The molecule has 0 radical (unpaired) electrons. The Bertz CT molecular complexity index is 462. The first-order valence-electron chi connectivity index (χ1n) is 8.51. The van der Waals surface area contributed by atoms with Gasteiger partial charge in [-0.1, -0.05) is 44.4 Å². The Morgan fingerprint density at radius 3 is 2.95 bits per heavy atom. The lowest BCUT2D eigenvalue weighted by atomic mass is 9.71. The molecule has 1 fully saturated rings. The topological polar surface area (TPSA) is 47.3 Å². The number of hydrazine groups is 1. The number of ether oxygens (including phenoxy) is 1. The van der Waals surface area contributed by atoms with Gasteiger partial charge in [0.2, 0.25) is 0 Å². The standard InChI is InChI=1S/C18H28N2O/c1-2-13-6-5-7-14(12-13)18(20-19)16-10-11-21-17-9-4-3-8-15(16)17/h3-4,8-9,13-14,16,18,20H,2,5-7,10-12,19H2,1H3. The highest BCUT2D eigenvalue weighted by molar-refractivity contribution is 5.38. The second-order valence-electron chi connectivity index (χ2n) is 6.67. The Kier molecular flexibility index (Phi) is 4.81. The van der Waals surface area contributed by atoms with Gasteiger partial charge in [-0.3, -0.25) is 11.3 Å². The molecule has 0 saturated heterocycles. The van der Waals surface area contributed by atoms with Gasteiger partial charge in [0.05, 0.1) is 6.61 Å². The molecule has 21 heavy (non-hydrogen) atoms. The first-order chi connectivity index (χ1) is 10.3. The van der Waals surface area contributed by atoms with Crippen LogP contribution in [0, 0.1) is 11.8 Å². The molecule has 0 bridgehead atoms. The minimum atomic E-state index is 0.379. The van der Waals surface area contributed by atoms with Gasteiger partial charge in [0.1, 0.15) is 5.75 Å². The minimum Gasteiger partial charge on any atom is -0.493 e. The summed E-state index contributed by atoms with van der Waals surface area (Å²) in [6, 6.07) is 8.85. The first kappa shape index (κ1) is 14.9. The number of nitrogens with one attached hydrogen (secondary N) is 1. The third kappa shape index (κ3) is 3.09. The molecule has 3 rings (SSSR count). The maximum atomic E-state index is 5.99. The maximum Gasteiger partial charge on any atom is 0.122 e. The number of para-hydroxylation sites is 1. The third-order valence-electron chi connectivity index (χ3n) is 5.54. The van der Waals surface area contributed by atoms with Crippen LogP contribution < -0.4 is 16.0 Å². The molecule has 1 aliphatic heterocycles. The highest BCUT2D eigenvalue weighted by Gasteiger charge is 2.35. The van der Waals surface area contributed by atoms with Crippen molar-refractivity contribution in [2.24, 2.45) is 17.7 Å². The molecule has 3 heteroatoms. The fraction of sp³-hybridized carbons (Fsp3) is 0.667. The Labute approximate surface area is 128 Å². The zero-order chi connectivity index (χ0) is 14.7. The highest BCUT2D eigenvalue weighted by atomic mass is 16.5. The van der Waals surface area contributed by atoms with Gasteiger partial charge in [0.25, 0.3) is 0 Å². The molecule has 1 saturated carbocycles. The van der Waals surface area contributed by atoms with Crippen molar-refractivity contribution in [3.05, 3.63) is 29.8 Å². The van der Waals surface area contributed by atoms with Crippen LogP contribution in [0.4, 0.5) is 0 Å². The summed E-state index contributed by atoms with van der Waals surface area (Å²) in [4.78, 5) is 0. The van der Waals surface area contributed by atoms with E-state index < -0.39 is 0 Å². The van der Waals surface area contributed by atoms with Crippen LogP contribution in [-0.4, -0.2) is 12.6 Å². The van der Waals surface area contributed by atoms with E-state index in [0.29, 0.717) is 17.9 Å². The molecule has 4 unspecified atom stereocenters. The lowest BCUT2D eigenvalue weighted by Gasteiger charge is -2.40. The Morgan fingerprint density at radius 1 is 1.29 bits per heavy atom. The summed E-state index contributed by atoms with van der Waals surface area (Å²) in [6.45, 7) is 3.13. The summed E-state index contributed by atoms with van der Waals surface area (Å²) < 4.78 is 5.81. The van der Waals surface area contributed by atoms with E-state index in [4.69, 9.17) is 10.6 Å². The molecular formula is C18H28N2O. The number of hydrogen-bond acceptors (Lipinski definition) is 3. The number of benzene rings is 1. The quantitative estimate of drug-likeness (QED) is 0.657. The fourth-order valence-corrected chi connectivity index (χ4v) is 4.35. The normalized spacial score (nSPS) is 30.3. The van der Waals surface area contributed by atoms with Crippen molar-refractivity contribution in [1.29, 1.82) is 0 Å². The number of fused-ring (bicyclic) bond motifs is 1. The predicted octanol–water partition coefficient (Wildman–Crippen LogP) is 3.60. The molecule has 3 nitrogen and oxygen atoms in total. The van der Waals surface area contributed by atoms with Crippen molar-refractivity contribution in [3.8, 4) is 5.75 Å². The van der Waals surface area contributed by atoms with Crippen LogP contribution in [0.25, 0.3) is 0 Å². The van der Waals surface area contributed by atoms with Crippen molar-refractivity contribution in [3.63, 3.8) is 0 Å². The number of rotatable bonds is 4. The van der Waals surface area contributed by atoms with Gasteiger partial charge in [-0.15, -0.1) is 0 Å². The van der Waals surface area contributed by atoms with Gasteiger partial charge < -0.3 is 4.74 Å². The van der Waals surface area contributed by atoms with E-state index in [1.54, 1.807) is 0 Å². The third-order valence-corrected chi connectivity index (χ3v) is 5.54. The van der Waals surface area contributed by atoms with E-state index in [2.05, 4.69) is 36.6 Å². The zero-order valence-electron chi connectivity index (χ0n) is 13.1. The second kappa shape index (κ2) is 6.80. The smallest absolute Gasteiger partial charge is 0.122 e. The van der Waals surface area contributed by atoms with E-state index in [-0.39, 0.29) is 0 Å². The zero-order valence-corrected chi connectivity index (χ0v) is 13.1. The summed E-state index contributed by atoms with van der Waals surface area (Å²) in [7, 11) is 0. The van der Waals surface area contributed by atoms with Crippen molar-refractivity contribution < 1.29 is 4.74 Å². The van der Waals surface area contributed by atoms with Crippen LogP contribution in [0.1, 0.15) is 56.9 Å². The van der Waals surface area contributed by atoms with Crippen molar-refractivity contribution in [2.45, 2.75) is 57.4 Å². The van der Waals surface area contributed by atoms with Crippen LogP contribution in [0.5, 0.6) is 5.75 Å². The van der Waals surface area contributed by atoms with E-state index in [1.807, 2.05) is 0 Å². The summed E-state index contributed by atoms with van der Waals surface area (Å²) >= 11 is 0. The molecule has 3 N–H and O–H groups in total. The molecule has 0 aromatic heterocycles. The van der Waals surface area contributed by atoms with Gasteiger partial charge in [-0.05, 0) is 42.7 Å². The lowest BCUT2D eigenvalue weighted by molar-refractivity contribution is 0.165. The Balaban J connectivity index is 1.80. The molecule has 0 amide bonds. The fourth-order valence-electron chi connectivity index (χ4n) is 4.35. The van der Waals surface area contributed by atoms with E-state index >= 15 is 0 Å². The van der Waals surface area contributed by atoms with E-state index in [0.717, 1.165) is 24.7 Å². The van der Waals surface area contributed by atoms with Crippen molar-refractivity contribution >= 4 is 0 Å². The monoisotopic (exact) mass is 288 g/mol. The first-order valence-corrected chi connectivity index (χ1v) is 8.51. The Morgan fingerprint density at radius 2 is 2.14 bits per heavy atom. The van der Waals surface area contributed by atoms with Gasteiger partial charge in [0.15, 0.2) is 0 Å². The van der Waals surface area contributed by atoms with Gasteiger partial charge in [0, 0.05) is 12.0 Å². The molecular weight excluding hydrogens is 260 g/mol. The molecule has 1 aromatic carbocycles. The van der Waals surface area contributed by atoms with Gasteiger partial charge >= 0.3 is 0 Å². The minimum absolute atomic E-state index is 0.379. The number of nitrogens with two attached hydrogens (primary N) is 1. The van der Waals surface area contributed by atoms with Gasteiger partial charge in [-0.2, -0.15) is 0 Å². The van der Waals surface area contributed by atoms with Crippen molar-refractivity contribution in [2.75, 3.05) is 6.61 Å². The summed E-state index contributed by atoms with van der Waals surface area (Å²) in [5.74, 6) is 9.11. The van der Waals surface area contributed by atoms with Crippen molar-refractivity contribution in [1.82, 2.24) is 5.43 Å². The van der Waals surface area contributed by atoms with Crippen LogP contribution in [0.15, 0.2) is 24.3 Å². The van der Waals surface area contributed by atoms with Crippen LogP contribution in [0.3, 0.4) is 0 Å². The molecule has 116 valence electrons. The lowest BCUT2D eigenvalue weighted by Crippen LogP contribution is -2.47. The largest absolute Gasteiger partial charge is 0.493 e. The maximum absolute atomic E-state index is 5.99. The van der Waals surface area contributed by atoms with Crippen LogP contribution in [-0.2, 0) is 0 Å². The number of hydrogen-bond donors (Lipinski definition) is 2. The molecule has 1 aliphatic carbocycles. The molecule has 4 atom stereocenters. The van der Waals surface area contributed by atoms with E-state index in [9.17, 15) is 0 Å². The second-order valence-corrected chi connectivity index (χ2v) is 6.67.